The van der Waals surface area contributed by atoms with Crippen molar-refractivity contribution < 1.29 is 17.2 Å². The van der Waals surface area contributed by atoms with E-state index in [4.69, 9.17) is 0 Å². The van der Waals surface area contributed by atoms with Gasteiger partial charge in [-0.15, -0.1) is 0 Å². The van der Waals surface area contributed by atoms with Gasteiger partial charge in [0.25, 0.3) is 0 Å². The Hall–Kier alpha value is -1.90. The van der Waals surface area contributed by atoms with Crippen molar-refractivity contribution in [3.8, 4) is 0 Å². The third-order valence-corrected chi connectivity index (χ3v) is 5.02. The standard InChI is InChI=1S/C16H24F2N4O2S/c1-19-16(20-7-3-9-25(2,23)24)21-13-6-8-22(11-13)15-5-4-12(17)10-14(15)18/h4-5,10,13H,3,6-9,11H2,1-2H3,(H2,19,20,21). The van der Waals surface area contributed by atoms with Crippen molar-refractivity contribution >= 4 is 21.5 Å². The highest BCUT2D eigenvalue weighted by Crippen LogP contribution is 2.24. The van der Waals surface area contributed by atoms with Gasteiger partial charge in [-0.25, -0.2) is 17.2 Å². The Labute approximate surface area is 147 Å². The molecule has 25 heavy (non-hydrogen) atoms. The summed E-state index contributed by atoms with van der Waals surface area (Å²) in [6.45, 7) is 1.73. The zero-order chi connectivity index (χ0) is 18.4. The highest BCUT2D eigenvalue weighted by atomic mass is 32.2. The summed E-state index contributed by atoms with van der Waals surface area (Å²) in [7, 11) is -1.33. The quantitative estimate of drug-likeness (QED) is 0.444. The van der Waals surface area contributed by atoms with Gasteiger partial charge in [0.05, 0.1) is 11.4 Å². The van der Waals surface area contributed by atoms with Gasteiger partial charge in [-0.1, -0.05) is 0 Å². The van der Waals surface area contributed by atoms with E-state index < -0.39 is 21.5 Å². The van der Waals surface area contributed by atoms with Crippen LogP contribution in [-0.2, 0) is 9.84 Å². The molecule has 2 N–H and O–H groups in total. The molecule has 0 aliphatic carbocycles. The topological polar surface area (TPSA) is 73.8 Å². The zero-order valence-corrected chi connectivity index (χ0v) is 15.2. The Bertz CT molecular complexity index is 725. The smallest absolute Gasteiger partial charge is 0.191 e. The van der Waals surface area contributed by atoms with E-state index in [1.807, 2.05) is 4.90 Å². The van der Waals surface area contributed by atoms with Crippen LogP contribution >= 0.6 is 0 Å². The third kappa shape index (κ3) is 6.15. The molecule has 1 aromatic carbocycles. The molecule has 9 heteroatoms. The Morgan fingerprint density at radius 1 is 1.40 bits per heavy atom. The first kappa shape index (κ1) is 19.4. The van der Waals surface area contributed by atoms with Crippen molar-refractivity contribution in [2.75, 3.05) is 43.6 Å². The molecular formula is C16H24F2N4O2S. The number of hydrogen-bond donors (Lipinski definition) is 2. The second-order valence-electron chi connectivity index (χ2n) is 6.15. The van der Waals surface area contributed by atoms with Gasteiger partial charge in [0, 0.05) is 45.0 Å². The minimum absolute atomic E-state index is 0.0746. The SMILES string of the molecule is CN=C(NCCCS(C)(=O)=O)NC1CCN(c2ccc(F)cc2F)C1. The molecule has 1 aliphatic heterocycles. The Kier molecular flexibility index (Phi) is 6.57. The molecule has 1 aliphatic rings. The Morgan fingerprint density at radius 3 is 2.80 bits per heavy atom. The monoisotopic (exact) mass is 374 g/mol. The average Bonchev–Trinajstić information content (AvgIpc) is 2.97. The first-order chi connectivity index (χ1) is 11.8. The molecule has 0 aromatic heterocycles. The number of aliphatic imine (C=N–C) groups is 1. The molecule has 0 saturated carbocycles. The van der Waals surface area contributed by atoms with E-state index in [-0.39, 0.29) is 11.8 Å². The van der Waals surface area contributed by atoms with Gasteiger partial charge in [-0.05, 0) is 25.0 Å². The molecule has 1 saturated heterocycles. The van der Waals surface area contributed by atoms with E-state index in [1.165, 1.54) is 18.4 Å². The first-order valence-corrected chi connectivity index (χ1v) is 10.2. The normalized spacial score (nSPS) is 18.5. The maximum absolute atomic E-state index is 13.9. The van der Waals surface area contributed by atoms with Crippen molar-refractivity contribution in [3.63, 3.8) is 0 Å². The fraction of sp³-hybridized carbons (Fsp3) is 0.562. The Balaban J connectivity index is 1.82. The molecular weight excluding hydrogens is 350 g/mol. The molecule has 1 atom stereocenters. The van der Waals surface area contributed by atoms with Gasteiger partial charge in [0.15, 0.2) is 5.96 Å². The third-order valence-electron chi connectivity index (χ3n) is 3.99. The predicted molar refractivity (Wildman–Crippen MR) is 95.8 cm³/mol. The second-order valence-corrected chi connectivity index (χ2v) is 8.41. The maximum atomic E-state index is 13.9. The van der Waals surface area contributed by atoms with Crippen molar-refractivity contribution in [3.05, 3.63) is 29.8 Å². The van der Waals surface area contributed by atoms with Crippen molar-refractivity contribution in [2.24, 2.45) is 4.99 Å². The van der Waals surface area contributed by atoms with Gasteiger partial charge < -0.3 is 15.5 Å². The number of rotatable bonds is 6. The van der Waals surface area contributed by atoms with E-state index in [0.717, 1.165) is 12.5 Å². The van der Waals surface area contributed by atoms with Crippen molar-refractivity contribution in [1.29, 1.82) is 0 Å². The van der Waals surface area contributed by atoms with Gasteiger partial charge >= 0.3 is 0 Å². The molecule has 1 unspecified atom stereocenters. The number of anilines is 1. The number of hydrogen-bond acceptors (Lipinski definition) is 4. The predicted octanol–water partition coefficient (Wildman–Crippen LogP) is 1.14. The lowest BCUT2D eigenvalue weighted by Crippen LogP contribution is -2.45. The van der Waals surface area contributed by atoms with Crippen LogP contribution in [0.3, 0.4) is 0 Å². The van der Waals surface area contributed by atoms with Gasteiger partial charge in [0.2, 0.25) is 0 Å². The highest BCUT2D eigenvalue weighted by Gasteiger charge is 2.25. The number of benzene rings is 1. The first-order valence-electron chi connectivity index (χ1n) is 8.13. The van der Waals surface area contributed by atoms with E-state index in [2.05, 4.69) is 15.6 Å². The largest absolute Gasteiger partial charge is 0.367 e. The minimum Gasteiger partial charge on any atom is -0.367 e. The molecule has 6 nitrogen and oxygen atoms in total. The van der Waals surface area contributed by atoms with Crippen molar-refractivity contribution in [2.45, 2.75) is 18.9 Å². The molecule has 1 fully saturated rings. The molecule has 1 heterocycles. The number of sulfone groups is 1. The fourth-order valence-electron chi connectivity index (χ4n) is 2.76. The summed E-state index contributed by atoms with van der Waals surface area (Å²) in [6.07, 6.45) is 2.50. The molecule has 0 radical (unpaired) electrons. The molecule has 0 spiro atoms. The fourth-order valence-corrected chi connectivity index (χ4v) is 3.43. The molecule has 2 rings (SSSR count). The van der Waals surface area contributed by atoms with Crippen LogP contribution in [-0.4, -0.2) is 59.1 Å². The number of nitrogens with one attached hydrogen (secondary N) is 2. The van der Waals surface area contributed by atoms with Crippen LogP contribution in [0.25, 0.3) is 0 Å². The minimum atomic E-state index is -2.97. The van der Waals surface area contributed by atoms with Crippen LogP contribution in [0, 0.1) is 11.6 Å². The van der Waals surface area contributed by atoms with Gasteiger partial charge in [-0.3, -0.25) is 4.99 Å². The van der Waals surface area contributed by atoms with E-state index >= 15 is 0 Å². The van der Waals surface area contributed by atoms with Crippen molar-refractivity contribution in [1.82, 2.24) is 10.6 Å². The lowest BCUT2D eigenvalue weighted by Gasteiger charge is -2.21. The summed E-state index contributed by atoms with van der Waals surface area (Å²) >= 11 is 0. The summed E-state index contributed by atoms with van der Waals surface area (Å²) in [5.74, 6) is -0.449. The second kappa shape index (κ2) is 8.46. The summed E-state index contributed by atoms with van der Waals surface area (Å²) in [6, 6.07) is 3.66. The van der Waals surface area contributed by atoms with Crippen LogP contribution in [0.5, 0.6) is 0 Å². The number of halogens is 2. The van der Waals surface area contributed by atoms with Crippen LogP contribution in [0.2, 0.25) is 0 Å². The summed E-state index contributed by atoms with van der Waals surface area (Å²) < 4.78 is 49.1. The maximum Gasteiger partial charge on any atom is 0.191 e. The van der Waals surface area contributed by atoms with Crippen LogP contribution in [0.15, 0.2) is 23.2 Å². The molecule has 140 valence electrons. The van der Waals surface area contributed by atoms with E-state index in [9.17, 15) is 17.2 Å². The van der Waals surface area contributed by atoms with Crippen LogP contribution < -0.4 is 15.5 Å². The van der Waals surface area contributed by atoms with Gasteiger partial charge in [-0.2, -0.15) is 0 Å². The van der Waals surface area contributed by atoms with Gasteiger partial charge in [0.1, 0.15) is 21.5 Å². The zero-order valence-electron chi connectivity index (χ0n) is 14.4. The molecule has 0 amide bonds. The number of guanidine groups is 1. The molecule has 0 bridgehead atoms. The highest BCUT2D eigenvalue weighted by molar-refractivity contribution is 7.90. The summed E-state index contributed by atoms with van der Waals surface area (Å²) in [5, 5.41) is 6.32. The van der Waals surface area contributed by atoms with E-state index in [1.54, 1.807) is 7.05 Å². The lowest BCUT2D eigenvalue weighted by atomic mass is 10.2. The Morgan fingerprint density at radius 2 is 2.16 bits per heavy atom. The van der Waals surface area contributed by atoms with Crippen LogP contribution in [0.4, 0.5) is 14.5 Å². The average molecular weight is 374 g/mol. The molecule has 1 aromatic rings. The summed E-state index contributed by atoms with van der Waals surface area (Å²) in [4.78, 5) is 5.98. The van der Waals surface area contributed by atoms with E-state index in [0.29, 0.717) is 37.7 Å². The van der Waals surface area contributed by atoms with Crippen LogP contribution in [0.1, 0.15) is 12.8 Å². The lowest BCUT2D eigenvalue weighted by molar-refractivity contribution is 0.580. The summed E-state index contributed by atoms with van der Waals surface area (Å²) in [5.41, 5.74) is 0.391. The number of nitrogens with zero attached hydrogens (tertiary/aromatic N) is 2.